The molecule has 0 nitrogen and oxygen atoms in total. The molecule has 2 aromatic rings. The van der Waals surface area contributed by atoms with E-state index in [1.54, 1.807) is 0 Å². The number of hydrogen-bond donors (Lipinski definition) is 1. The van der Waals surface area contributed by atoms with Crippen LogP contribution in [0.2, 0.25) is 0 Å². The second kappa shape index (κ2) is 5.28. The number of rotatable bonds is 3. The van der Waals surface area contributed by atoms with E-state index in [4.69, 9.17) is 12.2 Å². The molecule has 0 saturated carbocycles. The zero-order chi connectivity index (χ0) is 11.4. The van der Waals surface area contributed by atoms with Crippen LogP contribution in [0.25, 0.3) is 0 Å². The first-order chi connectivity index (χ1) is 7.75. The van der Waals surface area contributed by atoms with Gasteiger partial charge in [-0.05, 0) is 23.1 Å². The molecule has 0 spiro atoms. The summed E-state index contributed by atoms with van der Waals surface area (Å²) in [6.07, 6.45) is 0.959. The third-order valence-electron chi connectivity index (χ3n) is 2.45. The quantitative estimate of drug-likeness (QED) is 0.631. The summed E-state index contributed by atoms with van der Waals surface area (Å²) >= 11 is 9.15. The van der Waals surface area contributed by atoms with Crippen LogP contribution in [0.3, 0.4) is 0 Å². The predicted molar refractivity (Wildman–Crippen MR) is 76.4 cm³/mol. The fraction of sp³-hybridized carbons (Fsp3) is 0.0714. The minimum absolute atomic E-state index is 0.645. The Morgan fingerprint density at radius 3 is 2.00 bits per heavy atom. The zero-order valence-electron chi connectivity index (χ0n) is 8.76. The lowest BCUT2D eigenvalue weighted by Gasteiger charge is -2.03. The van der Waals surface area contributed by atoms with Gasteiger partial charge in [0.25, 0.3) is 0 Å². The second-order valence-corrected chi connectivity index (χ2v) is 4.82. The van der Waals surface area contributed by atoms with Gasteiger partial charge in [-0.1, -0.05) is 66.8 Å². The molecule has 0 fully saturated rings. The van der Waals surface area contributed by atoms with Crippen molar-refractivity contribution in [2.45, 2.75) is 6.42 Å². The Balaban J connectivity index is 2.14. The van der Waals surface area contributed by atoms with E-state index in [9.17, 15) is 0 Å². The molecular weight excluding hydrogens is 232 g/mol. The van der Waals surface area contributed by atoms with Crippen LogP contribution in [0.15, 0.2) is 54.6 Å². The van der Waals surface area contributed by atoms with Gasteiger partial charge in [-0.3, -0.25) is 0 Å². The number of hydrogen-bond acceptors (Lipinski definition) is 1. The smallest absolute Gasteiger partial charge is 0.0747 e. The molecule has 0 aliphatic carbocycles. The number of thiocarbonyl (C=S) groups is 1. The molecule has 16 heavy (non-hydrogen) atoms. The summed E-state index contributed by atoms with van der Waals surface area (Å²) in [4.78, 5) is 0. The molecule has 0 bridgehead atoms. The minimum atomic E-state index is 0.645. The predicted octanol–water partition coefficient (Wildman–Crippen LogP) is 3.88. The number of benzene rings is 2. The molecule has 0 unspecified atom stereocenters. The maximum atomic E-state index is 5.00. The third kappa shape index (κ3) is 2.94. The maximum Gasteiger partial charge on any atom is 0.0747 e. The standard InChI is InChI=1S/C14H12S2/c15-14(16)13-8-6-12(7-9-13)10-11-4-2-1-3-5-11/h1-9H,10H2,(H,15,16). The Morgan fingerprint density at radius 1 is 0.875 bits per heavy atom. The van der Waals surface area contributed by atoms with Crippen molar-refractivity contribution in [3.05, 3.63) is 71.3 Å². The van der Waals surface area contributed by atoms with E-state index in [1.807, 2.05) is 18.2 Å². The maximum absolute atomic E-state index is 5.00. The molecule has 0 N–H and O–H groups in total. The Bertz CT molecular complexity index is 472. The van der Waals surface area contributed by atoms with Gasteiger partial charge in [0.05, 0.1) is 4.20 Å². The van der Waals surface area contributed by atoms with Gasteiger partial charge < -0.3 is 0 Å². The molecule has 0 aromatic heterocycles. The SMILES string of the molecule is S=C(S)c1ccc(Cc2ccccc2)cc1. The molecule has 0 aliphatic heterocycles. The first kappa shape index (κ1) is 11.4. The van der Waals surface area contributed by atoms with Crippen LogP contribution >= 0.6 is 24.8 Å². The van der Waals surface area contributed by atoms with Crippen LogP contribution in [0.4, 0.5) is 0 Å². The fourth-order valence-corrected chi connectivity index (χ4v) is 1.88. The summed E-state index contributed by atoms with van der Waals surface area (Å²) in [5.74, 6) is 0. The highest BCUT2D eigenvalue weighted by atomic mass is 32.1. The minimum Gasteiger partial charge on any atom is -0.131 e. The molecule has 2 rings (SSSR count). The van der Waals surface area contributed by atoms with Crippen molar-refractivity contribution in [2.75, 3.05) is 0 Å². The summed E-state index contributed by atoms with van der Waals surface area (Å²) in [5, 5.41) is 0. The molecule has 0 radical (unpaired) electrons. The lowest BCUT2D eigenvalue weighted by atomic mass is 10.0. The summed E-state index contributed by atoms with van der Waals surface area (Å²) in [5.41, 5.74) is 3.62. The topological polar surface area (TPSA) is 0 Å². The lowest BCUT2D eigenvalue weighted by molar-refractivity contribution is 1.19. The third-order valence-corrected chi connectivity index (χ3v) is 2.95. The van der Waals surface area contributed by atoms with E-state index in [1.165, 1.54) is 11.1 Å². The van der Waals surface area contributed by atoms with E-state index >= 15 is 0 Å². The molecule has 0 heterocycles. The largest absolute Gasteiger partial charge is 0.131 e. The van der Waals surface area contributed by atoms with E-state index < -0.39 is 0 Å². The average Bonchev–Trinajstić information content (AvgIpc) is 2.31. The lowest BCUT2D eigenvalue weighted by Crippen LogP contribution is -1.90. The molecule has 2 heteroatoms. The van der Waals surface area contributed by atoms with Gasteiger partial charge >= 0.3 is 0 Å². The van der Waals surface area contributed by atoms with Gasteiger partial charge in [0.2, 0.25) is 0 Å². The molecule has 0 aliphatic rings. The van der Waals surface area contributed by atoms with Crippen LogP contribution in [-0.4, -0.2) is 4.20 Å². The van der Waals surface area contributed by atoms with Crippen molar-refractivity contribution in [3.63, 3.8) is 0 Å². The molecule has 0 amide bonds. The van der Waals surface area contributed by atoms with Crippen molar-refractivity contribution in [2.24, 2.45) is 0 Å². The number of thiol groups is 1. The zero-order valence-corrected chi connectivity index (χ0v) is 10.5. The Kier molecular flexibility index (Phi) is 3.75. The summed E-state index contributed by atoms with van der Waals surface area (Å²) < 4.78 is 0.645. The average molecular weight is 244 g/mol. The first-order valence-electron chi connectivity index (χ1n) is 5.12. The van der Waals surface area contributed by atoms with Gasteiger partial charge in [-0.15, -0.1) is 12.6 Å². The van der Waals surface area contributed by atoms with Gasteiger partial charge in [-0.25, -0.2) is 0 Å². The Morgan fingerprint density at radius 2 is 1.44 bits per heavy atom. The van der Waals surface area contributed by atoms with Crippen LogP contribution in [0, 0.1) is 0 Å². The van der Waals surface area contributed by atoms with Crippen LogP contribution in [0.1, 0.15) is 16.7 Å². The summed E-state index contributed by atoms with van der Waals surface area (Å²) in [6, 6.07) is 18.7. The highest BCUT2D eigenvalue weighted by Crippen LogP contribution is 2.12. The van der Waals surface area contributed by atoms with E-state index in [-0.39, 0.29) is 0 Å². The van der Waals surface area contributed by atoms with Gasteiger partial charge in [0.1, 0.15) is 0 Å². The highest BCUT2D eigenvalue weighted by molar-refractivity contribution is 8.11. The molecule has 0 atom stereocenters. The first-order valence-corrected chi connectivity index (χ1v) is 5.97. The fourth-order valence-electron chi connectivity index (χ4n) is 1.60. The van der Waals surface area contributed by atoms with E-state index in [0.717, 1.165) is 12.0 Å². The van der Waals surface area contributed by atoms with Crippen LogP contribution in [-0.2, 0) is 6.42 Å². The van der Waals surface area contributed by atoms with Crippen molar-refractivity contribution in [1.29, 1.82) is 0 Å². The molecule has 0 saturated heterocycles. The van der Waals surface area contributed by atoms with Crippen molar-refractivity contribution >= 4 is 29.0 Å². The highest BCUT2D eigenvalue weighted by Gasteiger charge is 1.98. The van der Waals surface area contributed by atoms with Crippen molar-refractivity contribution in [3.8, 4) is 0 Å². The van der Waals surface area contributed by atoms with Gasteiger partial charge in [-0.2, -0.15) is 0 Å². The van der Waals surface area contributed by atoms with E-state index in [2.05, 4.69) is 49.0 Å². The second-order valence-electron chi connectivity index (χ2n) is 3.66. The Labute approximate surface area is 107 Å². The van der Waals surface area contributed by atoms with Crippen LogP contribution < -0.4 is 0 Å². The summed E-state index contributed by atoms with van der Waals surface area (Å²) in [6.45, 7) is 0. The normalized spacial score (nSPS) is 10.1. The summed E-state index contributed by atoms with van der Waals surface area (Å²) in [7, 11) is 0. The molecule has 80 valence electrons. The Hall–Kier alpha value is -1.12. The molecule has 2 aromatic carbocycles. The van der Waals surface area contributed by atoms with Crippen molar-refractivity contribution < 1.29 is 0 Å². The van der Waals surface area contributed by atoms with Gasteiger partial charge in [0, 0.05) is 0 Å². The van der Waals surface area contributed by atoms with Crippen molar-refractivity contribution in [1.82, 2.24) is 0 Å². The van der Waals surface area contributed by atoms with E-state index in [0.29, 0.717) is 4.20 Å². The van der Waals surface area contributed by atoms with Gasteiger partial charge in [0.15, 0.2) is 0 Å². The monoisotopic (exact) mass is 244 g/mol. The van der Waals surface area contributed by atoms with Crippen LogP contribution in [0.5, 0.6) is 0 Å². The molecular formula is C14H12S2.